The van der Waals surface area contributed by atoms with Crippen LogP contribution in [0.15, 0.2) is 0 Å². The molecule has 1 saturated carbocycles. The number of carbonyl (C=O) groups is 2. The number of urea groups is 1. The molecule has 0 spiro atoms. The Balaban J connectivity index is 1.91. The highest BCUT2D eigenvalue weighted by Gasteiger charge is 2.40. The predicted molar refractivity (Wildman–Crippen MR) is 75.4 cm³/mol. The summed E-state index contributed by atoms with van der Waals surface area (Å²) in [5, 5.41) is 12.8. The molecule has 5 nitrogen and oxygen atoms in total. The van der Waals surface area contributed by atoms with E-state index in [1.54, 1.807) is 0 Å². The van der Waals surface area contributed by atoms with Crippen molar-refractivity contribution < 1.29 is 14.7 Å². The van der Waals surface area contributed by atoms with E-state index in [1.807, 2.05) is 18.7 Å². The predicted octanol–water partition coefficient (Wildman–Crippen LogP) is 1.78. The lowest BCUT2D eigenvalue weighted by Crippen LogP contribution is -2.49. The third-order valence-corrected chi connectivity index (χ3v) is 5.35. The highest BCUT2D eigenvalue weighted by atomic mass is 32.2. The van der Waals surface area contributed by atoms with Crippen LogP contribution in [0.2, 0.25) is 0 Å². The molecule has 4 unspecified atom stereocenters. The second kappa shape index (κ2) is 6.03. The Kier molecular flexibility index (Phi) is 4.60. The second-order valence-corrected chi connectivity index (χ2v) is 6.70. The number of carboxylic acid groups (broad SMARTS) is 1. The van der Waals surface area contributed by atoms with E-state index in [1.165, 1.54) is 4.90 Å². The van der Waals surface area contributed by atoms with Gasteiger partial charge in [-0.1, -0.05) is 6.92 Å². The van der Waals surface area contributed by atoms with Gasteiger partial charge in [-0.2, -0.15) is 11.8 Å². The average molecular weight is 286 g/mol. The van der Waals surface area contributed by atoms with Gasteiger partial charge in [-0.3, -0.25) is 0 Å². The number of thioether (sulfide) groups is 1. The molecule has 0 radical (unpaired) electrons. The Morgan fingerprint density at radius 1 is 1.32 bits per heavy atom. The summed E-state index contributed by atoms with van der Waals surface area (Å²) in [6.45, 7) is 2.44. The molecule has 4 atom stereocenters. The van der Waals surface area contributed by atoms with Crippen molar-refractivity contribution in [1.82, 2.24) is 10.2 Å². The van der Waals surface area contributed by atoms with Crippen molar-refractivity contribution in [3.05, 3.63) is 0 Å². The molecule has 1 heterocycles. The number of rotatable bonds is 3. The summed E-state index contributed by atoms with van der Waals surface area (Å²) in [5.74, 6) is -0.862. The molecule has 2 fully saturated rings. The van der Waals surface area contributed by atoms with E-state index in [0.29, 0.717) is 11.8 Å². The van der Waals surface area contributed by atoms with Crippen LogP contribution >= 0.6 is 11.8 Å². The molecule has 2 N–H and O–H groups in total. The lowest BCUT2D eigenvalue weighted by Gasteiger charge is -2.25. The van der Waals surface area contributed by atoms with Crippen LogP contribution in [0.1, 0.15) is 32.6 Å². The fraction of sp³-hybridized carbons (Fsp3) is 0.846. The molecule has 2 rings (SSSR count). The first-order chi connectivity index (χ1) is 9.02. The molecule has 2 aliphatic rings. The van der Waals surface area contributed by atoms with Gasteiger partial charge in [-0.25, -0.2) is 9.59 Å². The van der Waals surface area contributed by atoms with Crippen LogP contribution in [0.4, 0.5) is 4.79 Å². The molecule has 1 aliphatic carbocycles. The van der Waals surface area contributed by atoms with E-state index in [2.05, 4.69) is 11.6 Å². The number of aliphatic carboxylic acids is 1. The van der Waals surface area contributed by atoms with Gasteiger partial charge in [0.15, 0.2) is 0 Å². The third kappa shape index (κ3) is 3.16. The lowest BCUT2D eigenvalue weighted by molar-refractivity contribution is -0.142. The first-order valence-corrected chi connectivity index (χ1v) is 8.14. The maximum atomic E-state index is 12.2. The topological polar surface area (TPSA) is 69.6 Å². The quantitative estimate of drug-likeness (QED) is 0.829. The highest BCUT2D eigenvalue weighted by Crippen LogP contribution is 2.29. The number of amides is 2. The lowest BCUT2D eigenvalue weighted by atomic mass is 10.0. The molecular formula is C13H22N2O3S. The van der Waals surface area contributed by atoms with Crippen molar-refractivity contribution in [3.63, 3.8) is 0 Å². The fourth-order valence-electron chi connectivity index (χ4n) is 3.09. The molecule has 2 amide bonds. The van der Waals surface area contributed by atoms with Gasteiger partial charge in [0.2, 0.25) is 0 Å². The van der Waals surface area contributed by atoms with Crippen LogP contribution in [0.5, 0.6) is 0 Å². The smallest absolute Gasteiger partial charge is 0.326 e. The van der Waals surface area contributed by atoms with Crippen molar-refractivity contribution in [3.8, 4) is 0 Å². The van der Waals surface area contributed by atoms with Crippen molar-refractivity contribution in [2.24, 2.45) is 5.92 Å². The Morgan fingerprint density at radius 2 is 2.05 bits per heavy atom. The van der Waals surface area contributed by atoms with Gasteiger partial charge in [0.25, 0.3) is 0 Å². The van der Waals surface area contributed by atoms with Gasteiger partial charge in [0.1, 0.15) is 6.04 Å². The minimum absolute atomic E-state index is 0.0331. The molecule has 1 aliphatic heterocycles. The van der Waals surface area contributed by atoms with Crippen LogP contribution in [0.25, 0.3) is 0 Å². The fourth-order valence-corrected chi connectivity index (χ4v) is 3.89. The van der Waals surface area contributed by atoms with Gasteiger partial charge in [-0.15, -0.1) is 0 Å². The van der Waals surface area contributed by atoms with Gasteiger partial charge < -0.3 is 15.3 Å². The van der Waals surface area contributed by atoms with Gasteiger partial charge in [0, 0.05) is 17.8 Å². The highest BCUT2D eigenvalue weighted by molar-refractivity contribution is 7.99. The largest absolute Gasteiger partial charge is 0.480 e. The monoisotopic (exact) mass is 286 g/mol. The van der Waals surface area contributed by atoms with E-state index in [4.69, 9.17) is 0 Å². The van der Waals surface area contributed by atoms with Crippen LogP contribution in [0.3, 0.4) is 0 Å². The summed E-state index contributed by atoms with van der Waals surface area (Å²) in [6.07, 6.45) is 5.98. The normalized spacial score (nSPS) is 34.5. The molecule has 0 bridgehead atoms. The number of hydrogen-bond donors (Lipinski definition) is 2. The van der Waals surface area contributed by atoms with Crippen molar-refractivity contribution in [2.45, 2.75) is 49.9 Å². The molecule has 0 aromatic rings. The second-order valence-electron chi connectivity index (χ2n) is 5.56. The number of nitrogens with zero attached hydrogens (tertiary/aromatic N) is 1. The standard InChI is InChI=1S/C13H22N2O3S/c1-8-5-6-15(11(8)12(16)17)13(18)14-9-3-4-10(7-9)19-2/h8-11H,3-7H2,1-2H3,(H,14,18)(H,16,17). The first kappa shape index (κ1) is 14.5. The maximum absolute atomic E-state index is 12.2. The van der Waals surface area contributed by atoms with Crippen LogP contribution in [-0.4, -0.2) is 52.1 Å². The number of hydrogen-bond acceptors (Lipinski definition) is 3. The summed E-state index contributed by atoms with van der Waals surface area (Å²) in [6, 6.07) is -0.670. The van der Waals surface area contributed by atoms with E-state index in [0.717, 1.165) is 25.7 Å². The molecule has 1 saturated heterocycles. The Morgan fingerprint density at radius 3 is 2.63 bits per heavy atom. The number of nitrogens with one attached hydrogen (secondary N) is 1. The van der Waals surface area contributed by atoms with E-state index in [9.17, 15) is 14.7 Å². The number of likely N-dealkylation sites (tertiary alicyclic amines) is 1. The average Bonchev–Trinajstić information content (AvgIpc) is 2.95. The minimum Gasteiger partial charge on any atom is -0.480 e. The maximum Gasteiger partial charge on any atom is 0.326 e. The summed E-state index contributed by atoms with van der Waals surface area (Å²) in [7, 11) is 0. The zero-order valence-corrected chi connectivity index (χ0v) is 12.3. The van der Waals surface area contributed by atoms with Crippen molar-refractivity contribution in [1.29, 1.82) is 0 Å². The van der Waals surface area contributed by atoms with E-state index in [-0.39, 0.29) is 18.0 Å². The molecule has 19 heavy (non-hydrogen) atoms. The zero-order valence-electron chi connectivity index (χ0n) is 11.5. The molecular weight excluding hydrogens is 264 g/mol. The van der Waals surface area contributed by atoms with Crippen LogP contribution < -0.4 is 5.32 Å². The van der Waals surface area contributed by atoms with Crippen LogP contribution in [0, 0.1) is 5.92 Å². The summed E-state index contributed by atoms with van der Waals surface area (Å²) < 4.78 is 0. The Hall–Kier alpha value is -0.910. The molecule has 0 aromatic heterocycles. The molecule has 6 heteroatoms. The zero-order chi connectivity index (χ0) is 14.0. The SMILES string of the molecule is CSC1CCC(NC(=O)N2CCC(C)C2C(=O)O)C1. The van der Waals surface area contributed by atoms with Crippen LogP contribution in [-0.2, 0) is 4.79 Å². The Bertz CT molecular complexity index is 364. The summed E-state index contributed by atoms with van der Waals surface area (Å²) >= 11 is 1.84. The number of carboxylic acids is 1. The van der Waals surface area contributed by atoms with E-state index < -0.39 is 12.0 Å². The third-order valence-electron chi connectivity index (χ3n) is 4.26. The van der Waals surface area contributed by atoms with Gasteiger partial charge in [-0.05, 0) is 37.9 Å². The Labute approximate surface area is 118 Å². The molecule has 0 aromatic carbocycles. The van der Waals surface area contributed by atoms with Crippen molar-refractivity contribution in [2.75, 3.05) is 12.8 Å². The first-order valence-electron chi connectivity index (χ1n) is 6.85. The summed E-state index contributed by atoms with van der Waals surface area (Å²) in [4.78, 5) is 24.9. The summed E-state index contributed by atoms with van der Waals surface area (Å²) in [5.41, 5.74) is 0. The number of carbonyl (C=O) groups excluding carboxylic acids is 1. The van der Waals surface area contributed by atoms with Gasteiger partial charge in [0.05, 0.1) is 0 Å². The van der Waals surface area contributed by atoms with Gasteiger partial charge >= 0.3 is 12.0 Å². The molecule has 108 valence electrons. The van der Waals surface area contributed by atoms with Crippen molar-refractivity contribution >= 4 is 23.8 Å². The minimum atomic E-state index is -0.895. The van der Waals surface area contributed by atoms with E-state index >= 15 is 0 Å².